The van der Waals surface area contributed by atoms with Gasteiger partial charge in [-0.05, 0) is 30.7 Å². The van der Waals surface area contributed by atoms with Gasteiger partial charge in [0.1, 0.15) is 5.75 Å². The Morgan fingerprint density at radius 1 is 1.18 bits per heavy atom. The minimum Gasteiger partial charge on any atom is -0.484 e. The van der Waals surface area contributed by atoms with Crippen LogP contribution in [0.3, 0.4) is 0 Å². The molecule has 0 atom stereocenters. The Morgan fingerprint density at radius 3 is 2.35 bits per heavy atom. The zero-order valence-electron chi connectivity index (χ0n) is 9.68. The Bertz CT molecular complexity index is 322. The SMILES string of the molecule is CCCCNc1ccc(OCC(F)(F)F)cc1. The molecule has 0 radical (unpaired) electrons. The van der Waals surface area contributed by atoms with Crippen molar-refractivity contribution < 1.29 is 17.9 Å². The summed E-state index contributed by atoms with van der Waals surface area (Å²) in [4.78, 5) is 0. The summed E-state index contributed by atoms with van der Waals surface area (Å²) in [5.74, 6) is 0.225. The van der Waals surface area contributed by atoms with E-state index in [2.05, 4.69) is 17.0 Å². The van der Waals surface area contributed by atoms with Crippen LogP contribution in [0.15, 0.2) is 24.3 Å². The fourth-order valence-electron chi connectivity index (χ4n) is 1.24. The van der Waals surface area contributed by atoms with Crippen molar-refractivity contribution >= 4 is 5.69 Å². The molecule has 0 aliphatic rings. The molecular weight excluding hydrogens is 231 g/mol. The maximum atomic E-state index is 11.9. The highest BCUT2D eigenvalue weighted by Crippen LogP contribution is 2.20. The van der Waals surface area contributed by atoms with Crippen LogP contribution < -0.4 is 10.1 Å². The van der Waals surface area contributed by atoms with Crippen molar-refractivity contribution in [1.29, 1.82) is 0 Å². The second-order valence-corrected chi connectivity index (χ2v) is 3.71. The van der Waals surface area contributed by atoms with Gasteiger partial charge in [-0.1, -0.05) is 13.3 Å². The average Bonchev–Trinajstić information content (AvgIpc) is 2.27. The van der Waals surface area contributed by atoms with Gasteiger partial charge in [0.25, 0.3) is 0 Å². The monoisotopic (exact) mass is 247 g/mol. The van der Waals surface area contributed by atoms with Gasteiger partial charge in [-0.2, -0.15) is 13.2 Å². The molecule has 96 valence electrons. The standard InChI is InChI=1S/C12H16F3NO/c1-2-3-8-16-10-4-6-11(7-5-10)17-9-12(13,14)15/h4-7,16H,2-3,8-9H2,1H3. The average molecular weight is 247 g/mol. The smallest absolute Gasteiger partial charge is 0.422 e. The number of ether oxygens (including phenoxy) is 1. The Balaban J connectivity index is 2.39. The van der Waals surface area contributed by atoms with Crippen LogP contribution in [0, 0.1) is 0 Å². The summed E-state index contributed by atoms with van der Waals surface area (Å²) in [5.41, 5.74) is 0.887. The summed E-state index contributed by atoms with van der Waals surface area (Å²) >= 11 is 0. The molecule has 5 heteroatoms. The number of unbranched alkanes of at least 4 members (excludes halogenated alkanes) is 1. The van der Waals surface area contributed by atoms with Crippen molar-refractivity contribution in [3.63, 3.8) is 0 Å². The maximum Gasteiger partial charge on any atom is 0.422 e. The quantitative estimate of drug-likeness (QED) is 0.771. The van der Waals surface area contributed by atoms with E-state index in [1.165, 1.54) is 12.1 Å². The van der Waals surface area contributed by atoms with Crippen molar-refractivity contribution in [2.75, 3.05) is 18.5 Å². The molecule has 1 N–H and O–H groups in total. The predicted octanol–water partition coefficient (Wildman–Crippen LogP) is 3.84. The van der Waals surface area contributed by atoms with Crippen LogP contribution in [-0.4, -0.2) is 19.3 Å². The van der Waals surface area contributed by atoms with Gasteiger partial charge in [-0.15, -0.1) is 0 Å². The van der Waals surface area contributed by atoms with Crippen LogP contribution in [0.1, 0.15) is 19.8 Å². The lowest BCUT2D eigenvalue weighted by Crippen LogP contribution is -2.19. The number of hydrogen-bond donors (Lipinski definition) is 1. The van der Waals surface area contributed by atoms with Crippen LogP contribution in [0.2, 0.25) is 0 Å². The lowest BCUT2D eigenvalue weighted by Gasteiger charge is -2.10. The van der Waals surface area contributed by atoms with Crippen LogP contribution in [0.5, 0.6) is 5.75 Å². The molecule has 0 saturated heterocycles. The topological polar surface area (TPSA) is 21.3 Å². The molecule has 0 amide bonds. The molecule has 1 aromatic rings. The Hall–Kier alpha value is -1.39. The summed E-state index contributed by atoms with van der Waals surface area (Å²) in [6, 6.07) is 6.47. The molecule has 17 heavy (non-hydrogen) atoms. The lowest BCUT2D eigenvalue weighted by molar-refractivity contribution is -0.153. The minimum atomic E-state index is -4.29. The molecule has 0 aromatic heterocycles. The number of anilines is 1. The first-order valence-electron chi connectivity index (χ1n) is 5.55. The summed E-state index contributed by atoms with van der Waals surface area (Å²) < 4.78 is 40.3. The Morgan fingerprint density at radius 2 is 1.82 bits per heavy atom. The Kier molecular flexibility index (Phi) is 5.12. The van der Waals surface area contributed by atoms with Gasteiger partial charge < -0.3 is 10.1 Å². The van der Waals surface area contributed by atoms with E-state index in [0.29, 0.717) is 0 Å². The van der Waals surface area contributed by atoms with Gasteiger partial charge in [0.2, 0.25) is 0 Å². The lowest BCUT2D eigenvalue weighted by atomic mass is 10.3. The normalized spacial score (nSPS) is 11.3. The Labute approximate surface area is 98.8 Å². The number of rotatable bonds is 6. The third-order valence-corrected chi connectivity index (χ3v) is 2.12. The second-order valence-electron chi connectivity index (χ2n) is 3.71. The van der Waals surface area contributed by atoms with Gasteiger partial charge in [-0.3, -0.25) is 0 Å². The van der Waals surface area contributed by atoms with E-state index in [1.807, 2.05) is 0 Å². The molecule has 0 bridgehead atoms. The first-order valence-corrected chi connectivity index (χ1v) is 5.55. The number of nitrogens with one attached hydrogen (secondary N) is 1. The molecule has 0 unspecified atom stereocenters. The van der Waals surface area contributed by atoms with E-state index in [9.17, 15) is 13.2 Å². The fraction of sp³-hybridized carbons (Fsp3) is 0.500. The molecule has 0 fully saturated rings. The number of benzene rings is 1. The molecule has 0 saturated carbocycles. The summed E-state index contributed by atoms with van der Waals surface area (Å²) in [5, 5.41) is 3.17. The van der Waals surface area contributed by atoms with E-state index >= 15 is 0 Å². The highest BCUT2D eigenvalue weighted by Gasteiger charge is 2.28. The molecule has 2 nitrogen and oxygen atoms in total. The molecule has 0 heterocycles. The first kappa shape index (κ1) is 13.7. The van der Waals surface area contributed by atoms with E-state index in [1.54, 1.807) is 12.1 Å². The zero-order chi connectivity index (χ0) is 12.7. The molecular formula is C12H16F3NO. The molecule has 1 aromatic carbocycles. The highest BCUT2D eigenvalue weighted by atomic mass is 19.4. The van der Waals surface area contributed by atoms with Crippen LogP contribution in [0.4, 0.5) is 18.9 Å². The van der Waals surface area contributed by atoms with Crippen molar-refractivity contribution in [2.45, 2.75) is 25.9 Å². The fourth-order valence-corrected chi connectivity index (χ4v) is 1.24. The van der Waals surface area contributed by atoms with E-state index in [-0.39, 0.29) is 5.75 Å². The van der Waals surface area contributed by atoms with Crippen LogP contribution in [-0.2, 0) is 0 Å². The third kappa shape index (κ3) is 6.04. The molecule has 0 aliphatic heterocycles. The molecule has 1 rings (SSSR count). The summed E-state index contributed by atoms with van der Waals surface area (Å²) in [6.45, 7) is 1.70. The zero-order valence-corrected chi connectivity index (χ0v) is 9.68. The largest absolute Gasteiger partial charge is 0.484 e. The van der Waals surface area contributed by atoms with Crippen molar-refractivity contribution in [3.05, 3.63) is 24.3 Å². The maximum absolute atomic E-state index is 11.9. The van der Waals surface area contributed by atoms with Gasteiger partial charge in [0, 0.05) is 12.2 Å². The van der Waals surface area contributed by atoms with Crippen molar-refractivity contribution in [2.24, 2.45) is 0 Å². The van der Waals surface area contributed by atoms with Crippen molar-refractivity contribution in [3.8, 4) is 5.75 Å². The highest BCUT2D eigenvalue weighted by molar-refractivity contribution is 5.46. The minimum absolute atomic E-state index is 0.225. The number of halogens is 3. The number of alkyl halides is 3. The van der Waals surface area contributed by atoms with Crippen molar-refractivity contribution in [1.82, 2.24) is 0 Å². The van der Waals surface area contributed by atoms with E-state index in [0.717, 1.165) is 25.1 Å². The summed E-state index contributed by atoms with van der Waals surface area (Å²) in [7, 11) is 0. The van der Waals surface area contributed by atoms with E-state index in [4.69, 9.17) is 0 Å². The second kappa shape index (κ2) is 6.37. The van der Waals surface area contributed by atoms with Gasteiger partial charge in [0.15, 0.2) is 6.61 Å². The van der Waals surface area contributed by atoms with Gasteiger partial charge in [0.05, 0.1) is 0 Å². The number of hydrogen-bond acceptors (Lipinski definition) is 2. The molecule has 0 spiro atoms. The first-order chi connectivity index (χ1) is 8.01. The molecule has 0 aliphatic carbocycles. The predicted molar refractivity (Wildman–Crippen MR) is 61.4 cm³/mol. The third-order valence-electron chi connectivity index (χ3n) is 2.12. The summed E-state index contributed by atoms with van der Waals surface area (Å²) in [6.07, 6.45) is -2.13. The van der Waals surface area contributed by atoms with Crippen LogP contribution >= 0.6 is 0 Å². The van der Waals surface area contributed by atoms with E-state index < -0.39 is 12.8 Å². The van der Waals surface area contributed by atoms with Crippen LogP contribution in [0.25, 0.3) is 0 Å². The van der Waals surface area contributed by atoms with Gasteiger partial charge in [-0.25, -0.2) is 0 Å². The van der Waals surface area contributed by atoms with Gasteiger partial charge >= 0.3 is 6.18 Å².